The summed E-state index contributed by atoms with van der Waals surface area (Å²) in [5.74, 6) is 0.875. The first-order valence-electron chi connectivity index (χ1n) is 5.35. The Hall–Kier alpha value is -0.800. The molecule has 0 saturated heterocycles. The number of nitrogens with zero attached hydrogens (tertiary/aromatic N) is 2. The summed E-state index contributed by atoms with van der Waals surface area (Å²) >= 11 is 6.09. The summed E-state index contributed by atoms with van der Waals surface area (Å²) in [6.45, 7) is 8.01. The molecule has 0 aliphatic rings. The lowest BCUT2D eigenvalue weighted by Gasteiger charge is -2.22. The topological polar surface area (TPSA) is 28.2 Å². The zero-order valence-corrected chi connectivity index (χ0v) is 10.1. The quantitative estimate of drug-likeness (QED) is 0.756. The van der Waals surface area contributed by atoms with E-state index in [1.54, 1.807) is 6.20 Å². The van der Waals surface area contributed by atoms with Gasteiger partial charge in [0.25, 0.3) is 0 Å². The summed E-state index contributed by atoms with van der Waals surface area (Å²) in [5.41, 5.74) is 0. The molecule has 1 aromatic heterocycles. The van der Waals surface area contributed by atoms with Crippen molar-refractivity contribution in [3.05, 3.63) is 23.4 Å². The summed E-state index contributed by atoms with van der Waals surface area (Å²) < 4.78 is 0. The molecule has 0 unspecified atom stereocenters. The molecule has 0 radical (unpaired) electrons. The fourth-order valence-corrected chi connectivity index (χ4v) is 1.66. The van der Waals surface area contributed by atoms with Crippen LogP contribution in [0.4, 0.5) is 5.82 Å². The van der Waals surface area contributed by atoms with Gasteiger partial charge in [-0.25, -0.2) is 4.98 Å². The van der Waals surface area contributed by atoms with Crippen molar-refractivity contribution in [3.63, 3.8) is 0 Å². The molecule has 0 aliphatic carbocycles. The first kappa shape index (κ1) is 12.3. The molecule has 84 valence electrons. The van der Waals surface area contributed by atoms with E-state index >= 15 is 0 Å². The molecule has 4 heteroatoms. The highest BCUT2D eigenvalue weighted by molar-refractivity contribution is 6.32. The van der Waals surface area contributed by atoms with E-state index < -0.39 is 0 Å². The van der Waals surface area contributed by atoms with E-state index in [0.29, 0.717) is 0 Å². The summed E-state index contributed by atoms with van der Waals surface area (Å²) in [4.78, 5) is 6.47. The molecule has 0 atom stereocenters. The second-order valence-corrected chi connectivity index (χ2v) is 3.65. The van der Waals surface area contributed by atoms with Crippen LogP contribution < -0.4 is 10.2 Å². The van der Waals surface area contributed by atoms with Gasteiger partial charge in [-0.05, 0) is 25.6 Å². The summed E-state index contributed by atoms with van der Waals surface area (Å²) in [6.07, 6.45) is 1.77. The molecule has 0 bridgehead atoms. The van der Waals surface area contributed by atoms with E-state index in [2.05, 4.69) is 29.0 Å². The summed E-state index contributed by atoms with van der Waals surface area (Å²) in [5, 5.41) is 4.01. The van der Waals surface area contributed by atoms with Crippen molar-refractivity contribution in [2.24, 2.45) is 0 Å². The van der Waals surface area contributed by atoms with Crippen molar-refractivity contribution in [2.75, 3.05) is 31.1 Å². The normalized spacial score (nSPS) is 10.3. The van der Waals surface area contributed by atoms with E-state index in [1.165, 1.54) is 0 Å². The molecular formula is C11H18ClN3. The van der Waals surface area contributed by atoms with Gasteiger partial charge in [-0.1, -0.05) is 18.5 Å². The predicted octanol–water partition coefficient (Wildman–Crippen LogP) is 2.17. The molecule has 1 rings (SSSR count). The molecule has 3 nitrogen and oxygen atoms in total. The fraction of sp³-hybridized carbons (Fsp3) is 0.545. The van der Waals surface area contributed by atoms with Gasteiger partial charge < -0.3 is 10.2 Å². The zero-order valence-electron chi connectivity index (χ0n) is 9.33. The number of rotatable bonds is 6. The summed E-state index contributed by atoms with van der Waals surface area (Å²) in [7, 11) is 0. The maximum Gasteiger partial charge on any atom is 0.147 e. The van der Waals surface area contributed by atoms with Crippen LogP contribution in [0.5, 0.6) is 0 Å². The van der Waals surface area contributed by atoms with Crippen LogP contribution in [0.1, 0.15) is 13.8 Å². The number of aromatic nitrogens is 1. The highest BCUT2D eigenvalue weighted by Crippen LogP contribution is 2.21. The Morgan fingerprint density at radius 3 is 2.87 bits per heavy atom. The number of likely N-dealkylation sites (N-methyl/N-ethyl adjacent to an activating group) is 2. The average molecular weight is 228 g/mol. The van der Waals surface area contributed by atoms with Gasteiger partial charge in [-0.2, -0.15) is 0 Å². The standard InChI is InChI=1S/C11H18ClN3/c1-3-13-8-9-15(4-2)11-10(12)6-5-7-14-11/h5-7,13H,3-4,8-9H2,1-2H3. The number of nitrogens with one attached hydrogen (secondary N) is 1. The molecule has 0 spiro atoms. The van der Waals surface area contributed by atoms with E-state index in [4.69, 9.17) is 11.6 Å². The first-order valence-corrected chi connectivity index (χ1v) is 5.73. The first-order chi connectivity index (χ1) is 7.29. The van der Waals surface area contributed by atoms with Crippen LogP contribution in [-0.2, 0) is 0 Å². The lowest BCUT2D eigenvalue weighted by atomic mass is 10.4. The molecule has 15 heavy (non-hydrogen) atoms. The Labute approximate surface area is 96.5 Å². The zero-order chi connectivity index (χ0) is 11.1. The van der Waals surface area contributed by atoms with Gasteiger partial charge in [0.15, 0.2) is 0 Å². The van der Waals surface area contributed by atoms with E-state index in [9.17, 15) is 0 Å². The molecule has 1 aromatic rings. The van der Waals surface area contributed by atoms with Crippen molar-refractivity contribution in [2.45, 2.75) is 13.8 Å². The van der Waals surface area contributed by atoms with Crippen molar-refractivity contribution in [1.82, 2.24) is 10.3 Å². The van der Waals surface area contributed by atoms with Crippen LogP contribution in [0.3, 0.4) is 0 Å². The number of anilines is 1. The van der Waals surface area contributed by atoms with Gasteiger partial charge in [0.05, 0.1) is 5.02 Å². The highest BCUT2D eigenvalue weighted by Gasteiger charge is 2.08. The van der Waals surface area contributed by atoms with Crippen LogP contribution in [0.15, 0.2) is 18.3 Å². The third kappa shape index (κ3) is 3.68. The van der Waals surface area contributed by atoms with Crippen molar-refractivity contribution < 1.29 is 0 Å². The second kappa shape index (κ2) is 6.64. The highest BCUT2D eigenvalue weighted by atomic mass is 35.5. The fourth-order valence-electron chi connectivity index (χ4n) is 1.41. The van der Waals surface area contributed by atoms with Crippen molar-refractivity contribution >= 4 is 17.4 Å². The molecular weight excluding hydrogens is 210 g/mol. The monoisotopic (exact) mass is 227 g/mol. The summed E-state index contributed by atoms with van der Waals surface area (Å²) in [6, 6.07) is 3.73. The van der Waals surface area contributed by atoms with Gasteiger partial charge in [0.2, 0.25) is 0 Å². The Morgan fingerprint density at radius 1 is 1.47 bits per heavy atom. The van der Waals surface area contributed by atoms with Gasteiger partial charge in [0.1, 0.15) is 5.82 Å². The smallest absolute Gasteiger partial charge is 0.147 e. The molecule has 0 fully saturated rings. The maximum atomic E-state index is 6.09. The lowest BCUT2D eigenvalue weighted by molar-refractivity contribution is 0.684. The van der Waals surface area contributed by atoms with Gasteiger partial charge in [-0.15, -0.1) is 0 Å². The number of hydrogen-bond acceptors (Lipinski definition) is 3. The Bertz CT molecular complexity index is 291. The SMILES string of the molecule is CCNCCN(CC)c1ncccc1Cl. The van der Waals surface area contributed by atoms with Crippen LogP contribution in [0.2, 0.25) is 5.02 Å². The van der Waals surface area contributed by atoms with Crippen LogP contribution in [0, 0.1) is 0 Å². The largest absolute Gasteiger partial charge is 0.354 e. The Balaban J connectivity index is 2.61. The predicted molar refractivity (Wildman–Crippen MR) is 65.7 cm³/mol. The Kier molecular flexibility index (Phi) is 5.43. The third-order valence-corrected chi connectivity index (χ3v) is 2.52. The maximum absolute atomic E-state index is 6.09. The third-order valence-electron chi connectivity index (χ3n) is 2.23. The molecule has 0 aliphatic heterocycles. The second-order valence-electron chi connectivity index (χ2n) is 3.24. The van der Waals surface area contributed by atoms with Crippen LogP contribution in [-0.4, -0.2) is 31.2 Å². The molecule has 1 N–H and O–H groups in total. The Morgan fingerprint density at radius 2 is 2.27 bits per heavy atom. The van der Waals surface area contributed by atoms with Crippen molar-refractivity contribution in [1.29, 1.82) is 0 Å². The lowest BCUT2D eigenvalue weighted by Crippen LogP contribution is -2.32. The van der Waals surface area contributed by atoms with E-state index in [-0.39, 0.29) is 0 Å². The van der Waals surface area contributed by atoms with Gasteiger partial charge in [0, 0.05) is 25.8 Å². The van der Waals surface area contributed by atoms with E-state index in [1.807, 2.05) is 12.1 Å². The van der Waals surface area contributed by atoms with Gasteiger partial charge >= 0.3 is 0 Å². The van der Waals surface area contributed by atoms with E-state index in [0.717, 1.165) is 37.0 Å². The number of hydrogen-bond donors (Lipinski definition) is 1. The van der Waals surface area contributed by atoms with Crippen molar-refractivity contribution in [3.8, 4) is 0 Å². The number of pyridine rings is 1. The van der Waals surface area contributed by atoms with Gasteiger partial charge in [-0.3, -0.25) is 0 Å². The molecule has 1 heterocycles. The minimum atomic E-state index is 0.718. The molecule has 0 amide bonds. The van der Waals surface area contributed by atoms with Crippen LogP contribution >= 0.6 is 11.6 Å². The minimum Gasteiger partial charge on any atom is -0.354 e. The van der Waals surface area contributed by atoms with Crippen LogP contribution in [0.25, 0.3) is 0 Å². The average Bonchev–Trinajstić information content (AvgIpc) is 2.26. The molecule has 0 aromatic carbocycles. The number of halogens is 1. The molecule has 0 saturated carbocycles. The minimum absolute atomic E-state index is 0.718.